The summed E-state index contributed by atoms with van der Waals surface area (Å²) >= 11 is 0. The van der Waals surface area contributed by atoms with Gasteiger partial charge in [0.1, 0.15) is 24.2 Å². The Morgan fingerprint density at radius 2 is 1.58 bits per heavy atom. The second-order valence-electron chi connectivity index (χ2n) is 10.9. The van der Waals surface area contributed by atoms with Gasteiger partial charge >= 0.3 is 0 Å². The van der Waals surface area contributed by atoms with Crippen LogP contribution in [0.4, 0.5) is 10.1 Å². The van der Waals surface area contributed by atoms with Crippen molar-refractivity contribution in [3.63, 3.8) is 0 Å². The first-order valence-corrected chi connectivity index (χ1v) is 16.1. The molecule has 1 N–H and O–H groups in total. The summed E-state index contributed by atoms with van der Waals surface area (Å²) in [5.74, 6) is -0.697. The van der Waals surface area contributed by atoms with Crippen LogP contribution in [0.3, 0.4) is 0 Å². The highest BCUT2D eigenvalue weighted by Gasteiger charge is 2.34. The van der Waals surface area contributed by atoms with Crippen molar-refractivity contribution >= 4 is 27.5 Å². The minimum absolute atomic E-state index is 0.000914. The van der Waals surface area contributed by atoms with Gasteiger partial charge in [-0.3, -0.25) is 13.9 Å². The van der Waals surface area contributed by atoms with Crippen LogP contribution in [0.15, 0.2) is 77.7 Å². The van der Waals surface area contributed by atoms with Gasteiger partial charge in [-0.2, -0.15) is 0 Å². The van der Waals surface area contributed by atoms with Crippen LogP contribution in [0.2, 0.25) is 0 Å². The van der Waals surface area contributed by atoms with E-state index in [-0.39, 0.29) is 29.1 Å². The number of aryl methyl sites for hydroxylation is 1. The number of halogens is 1. The third-order valence-corrected chi connectivity index (χ3v) is 9.64. The molecular weight excluding hydrogens is 569 g/mol. The highest BCUT2D eigenvalue weighted by atomic mass is 32.2. The molecule has 0 unspecified atom stereocenters. The van der Waals surface area contributed by atoms with Crippen molar-refractivity contribution in [3.8, 4) is 5.75 Å². The van der Waals surface area contributed by atoms with Gasteiger partial charge in [0, 0.05) is 12.6 Å². The smallest absolute Gasteiger partial charge is 0.264 e. The van der Waals surface area contributed by atoms with Crippen LogP contribution in [0.25, 0.3) is 0 Å². The van der Waals surface area contributed by atoms with Crippen LogP contribution in [-0.4, -0.2) is 50.9 Å². The number of hydrogen-bond donors (Lipinski definition) is 1. The number of amides is 2. The molecule has 8 nitrogen and oxygen atoms in total. The Morgan fingerprint density at radius 1 is 0.953 bits per heavy atom. The minimum atomic E-state index is -4.22. The second kappa shape index (κ2) is 14.5. The fourth-order valence-electron chi connectivity index (χ4n) is 5.36. The lowest BCUT2D eigenvalue weighted by molar-refractivity contribution is -0.140. The van der Waals surface area contributed by atoms with E-state index in [1.807, 2.05) is 26.0 Å². The molecule has 0 heterocycles. The van der Waals surface area contributed by atoms with Crippen LogP contribution >= 0.6 is 0 Å². The Morgan fingerprint density at radius 3 is 2.16 bits per heavy atom. The standard InChI is InChI=1S/C33H40FN3O5S/c1-4-31(33(39)35-27-8-6-5-7-9-27)36(22-25-12-18-29(42-3)19-13-25)32(38)23-37(28-16-14-26(34)15-17-28)43(40,41)30-20-10-24(2)11-21-30/h10-21,27,31H,4-9,22-23H2,1-3H3,(H,35,39)/t31-/m1/s1. The van der Waals surface area contributed by atoms with Crippen molar-refractivity contribution in [2.24, 2.45) is 0 Å². The molecule has 0 saturated heterocycles. The quantitative estimate of drug-likeness (QED) is 0.289. The summed E-state index contributed by atoms with van der Waals surface area (Å²) in [5, 5.41) is 3.14. The molecule has 0 aromatic heterocycles. The number of anilines is 1. The van der Waals surface area contributed by atoms with Gasteiger partial charge in [0.05, 0.1) is 17.7 Å². The predicted molar refractivity (Wildman–Crippen MR) is 165 cm³/mol. The summed E-state index contributed by atoms with van der Waals surface area (Å²) in [6, 6.07) is 17.7. The Kier molecular flexibility index (Phi) is 10.8. The molecule has 2 amide bonds. The van der Waals surface area contributed by atoms with Gasteiger partial charge in [0.2, 0.25) is 11.8 Å². The number of sulfonamides is 1. The van der Waals surface area contributed by atoms with Crippen LogP contribution < -0.4 is 14.4 Å². The number of carbonyl (C=O) groups excluding carboxylic acids is 2. The normalized spacial score (nSPS) is 14.5. The maximum atomic E-state index is 14.2. The van der Waals surface area contributed by atoms with Crippen molar-refractivity contribution < 1.29 is 27.1 Å². The number of nitrogens with one attached hydrogen (secondary N) is 1. The Hall–Kier alpha value is -3.92. The zero-order valence-corrected chi connectivity index (χ0v) is 25.8. The van der Waals surface area contributed by atoms with Crippen molar-refractivity contribution in [2.45, 2.75) is 75.9 Å². The molecule has 4 rings (SSSR count). The molecule has 1 aliphatic rings. The highest BCUT2D eigenvalue weighted by Crippen LogP contribution is 2.26. The molecule has 3 aromatic rings. The molecule has 1 saturated carbocycles. The lowest BCUT2D eigenvalue weighted by atomic mass is 9.95. The van der Waals surface area contributed by atoms with E-state index in [9.17, 15) is 22.4 Å². The maximum absolute atomic E-state index is 14.2. The van der Waals surface area contributed by atoms with Gasteiger partial charge in [-0.1, -0.05) is 56.0 Å². The summed E-state index contributed by atoms with van der Waals surface area (Å²) in [5.41, 5.74) is 1.77. The zero-order chi connectivity index (χ0) is 31.0. The second-order valence-corrected chi connectivity index (χ2v) is 12.8. The fourth-order valence-corrected chi connectivity index (χ4v) is 6.78. The predicted octanol–water partition coefficient (Wildman–Crippen LogP) is 5.59. The van der Waals surface area contributed by atoms with Gasteiger partial charge in [-0.15, -0.1) is 0 Å². The first kappa shape index (κ1) is 32.0. The number of ether oxygens (including phenoxy) is 1. The average Bonchev–Trinajstić information content (AvgIpc) is 3.01. The molecule has 230 valence electrons. The highest BCUT2D eigenvalue weighted by molar-refractivity contribution is 7.92. The van der Waals surface area contributed by atoms with Crippen LogP contribution in [0.5, 0.6) is 5.75 Å². The van der Waals surface area contributed by atoms with E-state index in [0.29, 0.717) is 12.2 Å². The monoisotopic (exact) mass is 609 g/mol. The molecular formula is C33H40FN3O5S. The Balaban J connectivity index is 1.70. The molecule has 3 aromatic carbocycles. The lowest BCUT2D eigenvalue weighted by Gasteiger charge is -2.34. The molecule has 1 atom stereocenters. The van der Waals surface area contributed by atoms with Crippen molar-refractivity contribution in [1.29, 1.82) is 0 Å². The number of methoxy groups -OCH3 is 1. The number of carbonyl (C=O) groups is 2. The van der Waals surface area contributed by atoms with Crippen LogP contribution in [0, 0.1) is 12.7 Å². The SMILES string of the molecule is CC[C@H](C(=O)NC1CCCCC1)N(Cc1ccc(OC)cc1)C(=O)CN(c1ccc(F)cc1)S(=O)(=O)c1ccc(C)cc1. The fraction of sp³-hybridized carbons (Fsp3) is 0.394. The van der Waals surface area contributed by atoms with E-state index >= 15 is 0 Å². The summed E-state index contributed by atoms with van der Waals surface area (Å²) in [7, 11) is -2.66. The van der Waals surface area contributed by atoms with E-state index in [2.05, 4.69) is 5.32 Å². The first-order valence-electron chi connectivity index (χ1n) is 14.7. The van der Waals surface area contributed by atoms with E-state index in [1.165, 1.54) is 29.2 Å². The van der Waals surface area contributed by atoms with E-state index < -0.39 is 34.3 Å². The van der Waals surface area contributed by atoms with Gasteiger partial charge in [0.15, 0.2) is 0 Å². The molecule has 10 heteroatoms. The average molecular weight is 610 g/mol. The van der Waals surface area contributed by atoms with Gasteiger partial charge < -0.3 is 15.0 Å². The summed E-state index contributed by atoms with van der Waals surface area (Å²) in [4.78, 5) is 29.3. The number of hydrogen-bond acceptors (Lipinski definition) is 5. The van der Waals surface area contributed by atoms with Crippen molar-refractivity contribution in [1.82, 2.24) is 10.2 Å². The Labute approximate surface area is 253 Å². The van der Waals surface area contributed by atoms with Crippen LogP contribution in [-0.2, 0) is 26.2 Å². The van der Waals surface area contributed by atoms with Crippen LogP contribution in [0.1, 0.15) is 56.6 Å². The Bertz CT molecular complexity index is 1470. The van der Waals surface area contributed by atoms with Crippen molar-refractivity contribution in [2.75, 3.05) is 18.0 Å². The van der Waals surface area contributed by atoms with E-state index in [4.69, 9.17) is 4.74 Å². The number of benzene rings is 3. The first-order chi connectivity index (χ1) is 20.6. The van der Waals surface area contributed by atoms with Gasteiger partial charge in [-0.25, -0.2) is 12.8 Å². The van der Waals surface area contributed by atoms with Gasteiger partial charge in [0.25, 0.3) is 10.0 Å². The third kappa shape index (κ3) is 8.13. The van der Waals surface area contributed by atoms with Gasteiger partial charge in [-0.05, 0) is 80.3 Å². The molecule has 1 fully saturated rings. The minimum Gasteiger partial charge on any atom is -0.497 e. The maximum Gasteiger partial charge on any atom is 0.264 e. The lowest BCUT2D eigenvalue weighted by Crippen LogP contribution is -2.54. The topological polar surface area (TPSA) is 96.0 Å². The molecule has 0 radical (unpaired) electrons. The van der Waals surface area contributed by atoms with E-state index in [1.54, 1.807) is 31.4 Å². The summed E-state index contributed by atoms with van der Waals surface area (Å²) < 4.78 is 47.9. The largest absolute Gasteiger partial charge is 0.497 e. The number of rotatable bonds is 12. The summed E-state index contributed by atoms with van der Waals surface area (Å²) in [6.45, 7) is 3.19. The van der Waals surface area contributed by atoms with E-state index in [0.717, 1.165) is 59.7 Å². The molecule has 43 heavy (non-hydrogen) atoms. The molecule has 1 aliphatic carbocycles. The molecule has 0 spiro atoms. The summed E-state index contributed by atoms with van der Waals surface area (Å²) in [6.07, 6.45) is 5.34. The molecule has 0 bridgehead atoms. The third-order valence-electron chi connectivity index (χ3n) is 7.85. The molecule has 0 aliphatic heterocycles. The van der Waals surface area contributed by atoms with Crippen molar-refractivity contribution in [3.05, 3.63) is 89.7 Å². The zero-order valence-electron chi connectivity index (χ0n) is 25.0. The number of nitrogens with zero attached hydrogens (tertiary/aromatic N) is 2.